The second kappa shape index (κ2) is 11.5. The third kappa shape index (κ3) is 6.14. The second-order valence-electron chi connectivity index (χ2n) is 8.41. The van der Waals surface area contributed by atoms with Crippen LogP contribution in [0.4, 0.5) is 15.8 Å². The quantitative estimate of drug-likeness (QED) is 0.430. The molecule has 0 spiro atoms. The van der Waals surface area contributed by atoms with Crippen molar-refractivity contribution in [3.63, 3.8) is 0 Å². The van der Waals surface area contributed by atoms with Gasteiger partial charge in [-0.25, -0.2) is 12.8 Å². The van der Waals surface area contributed by atoms with Crippen molar-refractivity contribution in [2.24, 2.45) is 0 Å². The number of halogens is 1. The van der Waals surface area contributed by atoms with Gasteiger partial charge in [-0.1, -0.05) is 12.1 Å². The molecule has 0 saturated heterocycles. The third-order valence-electron chi connectivity index (χ3n) is 6.06. The summed E-state index contributed by atoms with van der Waals surface area (Å²) in [5.74, 6) is -0.261. The van der Waals surface area contributed by atoms with Crippen LogP contribution in [0.5, 0.6) is 11.5 Å². The molecule has 3 aromatic rings. The fourth-order valence-electron chi connectivity index (χ4n) is 4.03. The van der Waals surface area contributed by atoms with E-state index in [9.17, 15) is 17.6 Å². The Morgan fingerprint density at radius 3 is 2.16 bits per heavy atom. The summed E-state index contributed by atoms with van der Waals surface area (Å²) < 4.78 is 52.8. The molecule has 0 aromatic heterocycles. The predicted molar refractivity (Wildman–Crippen MR) is 140 cm³/mol. The number of nitrogens with zero attached hydrogens (tertiary/aromatic N) is 2. The molecule has 4 rings (SSSR count). The number of hydrogen-bond acceptors (Lipinski definition) is 6. The molecule has 1 aliphatic rings. The number of sulfonamides is 1. The average molecular weight is 528 g/mol. The van der Waals surface area contributed by atoms with Gasteiger partial charge in [-0.3, -0.25) is 9.10 Å². The van der Waals surface area contributed by atoms with E-state index in [2.05, 4.69) is 24.1 Å². The van der Waals surface area contributed by atoms with Gasteiger partial charge in [0, 0.05) is 31.4 Å². The number of hydrogen-bond donors (Lipinski definition) is 1. The number of amides is 1. The number of ether oxygens (including phenoxy) is 2. The Balaban J connectivity index is 1.52. The smallest absolute Gasteiger partial charge is 0.264 e. The maximum Gasteiger partial charge on any atom is 0.264 e. The molecule has 10 heteroatoms. The predicted octanol–water partition coefficient (Wildman–Crippen LogP) is 3.95. The van der Waals surface area contributed by atoms with Crippen LogP contribution in [0.15, 0.2) is 71.6 Å². The van der Waals surface area contributed by atoms with Crippen molar-refractivity contribution in [3.8, 4) is 11.5 Å². The van der Waals surface area contributed by atoms with Gasteiger partial charge < -0.3 is 19.7 Å². The van der Waals surface area contributed by atoms with Crippen molar-refractivity contribution >= 4 is 27.3 Å². The Hall–Kier alpha value is -3.79. The summed E-state index contributed by atoms with van der Waals surface area (Å²) in [6, 6.07) is 17.1. The highest BCUT2D eigenvalue weighted by Crippen LogP contribution is 2.34. The topological polar surface area (TPSA) is 88.2 Å². The van der Waals surface area contributed by atoms with E-state index in [4.69, 9.17) is 9.47 Å². The molecule has 0 saturated carbocycles. The Morgan fingerprint density at radius 1 is 0.892 bits per heavy atom. The molecule has 0 bridgehead atoms. The Morgan fingerprint density at radius 2 is 1.51 bits per heavy atom. The van der Waals surface area contributed by atoms with Crippen LogP contribution in [0.25, 0.3) is 0 Å². The lowest BCUT2D eigenvalue weighted by molar-refractivity contribution is -0.119. The molecule has 0 aliphatic carbocycles. The molecule has 8 nitrogen and oxygen atoms in total. The molecule has 1 heterocycles. The van der Waals surface area contributed by atoms with E-state index in [1.807, 2.05) is 24.3 Å². The molecule has 0 unspecified atom stereocenters. The van der Waals surface area contributed by atoms with E-state index in [1.54, 1.807) is 0 Å². The van der Waals surface area contributed by atoms with Gasteiger partial charge in [-0.2, -0.15) is 0 Å². The number of benzene rings is 3. The molecule has 37 heavy (non-hydrogen) atoms. The fourth-order valence-corrected chi connectivity index (χ4v) is 5.47. The Kier molecular flexibility index (Phi) is 8.17. The minimum absolute atomic E-state index is 0.0686. The first-order valence-corrected chi connectivity index (χ1v) is 13.5. The van der Waals surface area contributed by atoms with Gasteiger partial charge in [0.1, 0.15) is 25.6 Å². The third-order valence-corrected chi connectivity index (χ3v) is 7.83. The van der Waals surface area contributed by atoms with E-state index >= 15 is 0 Å². The molecule has 0 fully saturated rings. The molecule has 3 aromatic carbocycles. The number of fused-ring (bicyclic) bond motifs is 1. The minimum atomic E-state index is -4.19. The largest absolute Gasteiger partial charge is 0.486 e. The highest BCUT2D eigenvalue weighted by atomic mass is 32.2. The van der Waals surface area contributed by atoms with Crippen LogP contribution in [-0.4, -0.2) is 47.2 Å². The van der Waals surface area contributed by atoms with Gasteiger partial charge in [0.15, 0.2) is 11.5 Å². The van der Waals surface area contributed by atoms with Gasteiger partial charge in [0.25, 0.3) is 10.0 Å². The molecule has 196 valence electrons. The lowest BCUT2D eigenvalue weighted by atomic mass is 10.2. The van der Waals surface area contributed by atoms with Crippen molar-refractivity contribution in [2.75, 3.05) is 42.1 Å². The summed E-state index contributed by atoms with van der Waals surface area (Å²) in [5.41, 5.74) is 2.13. The summed E-state index contributed by atoms with van der Waals surface area (Å²) in [6.45, 7) is 6.38. The zero-order valence-electron chi connectivity index (χ0n) is 20.8. The Bertz CT molecular complexity index is 1330. The SMILES string of the molecule is CCN(CC)c1ccc(CNC(=O)CN(c2ccc(F)cc2)S(=O)(=O)c2ccc3c(c2)OCCO3)cc1. The summed E-state index contributed by atoms with van der Waals surface area (Å²) in [4.78, 5) is 15.0. The van der Waals surface area contributed by atoms with Crippen molar-refractivity contribution in [1.82, 2.24) is 5.32 Å². The number of carbonyl (C=O) groups is 1. The van der Waals surface area contributed by atoms with Gasteiger partial charge in [-0.05, 0) is 67.9 Å². The van der Waals surface area contributed by atoms with Crippen LogP contribution in [-0.2, 0) is 21.4 Å². The van der Waals surface area contributed by atoms with E-state index in [0.29, 0.717) is 24.7 Å². The number of anilines is 2. The fraction of sp³-hybridized carbons (Fsp3) is 0.296. The molecule has 0 radical (unpaired) electrons. The van der Waals surface area contributed by atoms with E-state index in [1.165, 1.54) is 30.3 Å². The zero-order chi connectivity index (χ0) is 26.4. The second-order valence-corrected chi connectivity index (χ2v) is 10.3. The first-order chi connectivity index (χ1) is 17.8. The number of carbonyl (C=O) groups excluding carboxylic acids is 1. The highest BCUT2D eigenvalue weighted by Gasteiger charge is 2.29. The van der Waals surface area contributed by atoms with Crippen molar-refractivity contribution < 1.29 is 27.1 Å². The van der Waals surface area contributed by atoms with Crippen molar-refractivity contribution in [3.05, 3.63) is 78.1 Å². The van der Waals surface area contributed by atoms with E-state index < -0.39 is 28.3 Å². The van der Waals surface area contributed by atoms with Crippen LogP contribution in [0.1, 0.15) is 19.4 Å². The molecular weight excluding hydrogens is 497 g/mol. The monoisotopic (exact) mass is 527 g/mol. The van der Waals surface area contributed by atoms with E-state index in [0.717, 1.165) is 40.8 Å². The number of nitrogens with one attached hydrogen (secondary N) is 1. The summed E-state index contributed by atoms with van der Waals surface area (Å²) in [6.07, 6.45) is 0. The van der Waals surface area contributed by atoms with Gasteiger partial charge in [-0.15, -0.1) is 0 Å². The van der Waals surface area contributed by atoms with Crippen LogP contribution in [0.2, 0.25) is 0 Å². The molecule has 1 aliphatic heterocycles. The summed E-state index contributed by atoms with van der Waals surface area (Å²) >= 11 is 0. The first kappa shape index (κ1) is 26.3. The van der Waals surface area contributed by atoms with Crippen LogP contribution in [0, 0.1) is 5.82 Å². The average Bonchev–Trinajstić information content (AvgIpc) is 2.92. The van der Waals surface area contributed by atoms with Crippen LogP contribution >= 0.6 is 0 Å². The van der Waals surface area contributed by atoms with Crippen molar-refractivity contribution in [2.45, 2.75) is 25.3 Å². The molecular formula is C27H30FN3O5S. The maximum atomic E-state index is 13.6. The summed E-state index contributed by atoms with van der Waals surface area (Å²) in [7, 11) is -4.19. The summed E-state index contributed by atoms with van der Waals surface area (Å²) in [5, 5.41) is 2.78. The Labute approximate surface area is 216 Å². The molecule has 0 atom stereocenters. The van der Waals surface area contributed by atoms with E-state index in [-0.39, 0.29) is 17.1 Å². The van der Waals surface area contributed by atoms with Gasteiger partial charge in [0.2, 0.25) is 5.91 Å². The lowest BCUT2D eigenvalue weighted by Crippen LogP contribution is -2.40. The molecule has 1 amide bonds. The molecule has 1 N–H and O–H groups in total. The van der Waals surface area contributed by atoms with Gasteiger partial charge >= 0.3 is 0 Å². The highest BCUT2D eigenvalue weighted by molar-refractivity contribution is 7.92. The van der Waals surface area contributed by atoms with Crippen LogP contribution < -0.4 is 24.0 Å². The van der Waals surface area contributed by atoms with Crippen molar-refractivity contribution in [1.29, 1.82) is 0 Å². The first-order valence-electron chi connectivity index (χ1n) is 12.1. The lowest BCUT2D eigenvalue weighted by Gasteiger charge is -2.25. The van der Waals surface area contributed by atoms with Gasteiger partial charge in [0.05, 0.1) is 10.6 Å². The standard InChI is InChI=1S/C27H30FN3O5S/c1-3-30(4-2)22-9-5-20(6-10-22)18-29-27(32)19-31(23-11-7-21(28)8-12-23)37(33,34)24-13-14-25-26(17-24)36-16-15-35-25/h5-14,17H,3-4,15-16,18-19H2,1-2H3,(H,29,32). The number of rotatable bonds is 10. The minimum Gasteiger partial charge on any atom is -0.486 e. The maximum absolute atomic E-state index is 13.6. The zero-order valence-corrected chi connectivity index (χ0v) is 21.6. The van der Waals surface area contributed by atoms with Crippen LogP contribution in [0.3, 0.4) is 0 Å². The normalized spacial score (nSPS) is 12.6.